The van der Waals surface area contributed by atoms with E-state index in [0.717, 1.165) is 73.0 Å². The second kappa shape index (κ2) is 10.3. The van der Waals surface area contributed by atoms with Crippen LogP contribution in [0.3, 0.4) is 0 Å². The Balaban J connectivity index is 2.05. The predicted octanol–water partition coefficient (Wildman–Crippen LogP) is 7.54. The van der Waals surface area contributed by atoms with E-state index in [1.807, 2.05) is 30.3 Å². The van der Waals surface area contributed by atoms with E-state index in [4.69, 9.17) is 9.15 Å². The lowest BCUT2D eigenvalue weighted by Gasteiger charge is -2.20. The van der Waals surface area contributed by atoms with Gasteiger partial charge >= 0.3 is 5.97 Å². The van der Waals surface area contributed by atoms with Crippen LogP contribution in [0.15, 0.2) is 87.8 Å². The lowest BCUT2D eigenvalue weighted by atomic mass is 9.87. The predicted molar refractivity (Wildman–Crippen MR) is 154 cm³/mol. The molecule has 0 amide bonds. The van der Waals surface area contributed by atoms with Crippen molar-refractivity contribution in [1.29, 1.82) is 0 Å². The molecule has 1 aliphatic heterocycles. The third kappa shape index (κ3) is 4.27. The number of rotatable bonds is 5. The standard InChI is InChI=1S/C32H29BrNO3/c1-5-34(6-2)26-19-18-24-28(22-14-10-11-15-23(22)32(35)36-4)25-17-16-20(3)29(33)31(25)37-30(24)27(26)21-12-8-7-9-13-21/h7-19H,5-6H2,1-4H3/q+1. The molecule has 0 atom stereocenters. The van der Waals surface area contributed by atoms with Crippen molar-refractivity contribution in [2.75, 3.05) is 20.2 Å². The zero-order valence-corrected chi connectivity index (χ0v) is 23.1. The fourth-order valence-electron chi connectivity index (χ4n) is 5.06. The molecule has 0 aromatic heterocycles. The Hall–Kier alpha value is -3.70. The van der Waals surface area contributed by atoms with Crippen molar-refractivity contribution in [2.45, 2.75) is 20.8 Å². The lowest BCUT2D eigenvalue weighted by molar-refractivity contribution is 0.0601. The Morgan fingerprint density at radius 2 is 1.57 bits per heavy atom. The van der Waals surface area contributed by atoms with Crippen molar-refractivity contribution in [2.24, 2.45) is 0 Å². The molecule has 1 heterocycles. The van der Waals surface area contributed by atoms with Crippen molar-refractivity contribution in [3.8, 4) is 33.6 Å². The molecule has 0 radical (unpaired) electrons. The molecule has 0 spiro atoms. The monoisotopic (exact) mass is 554 g/mol. The van der Waals surface area contributed by atoms with Crippen molar-refractivity contribution in [1.82, 2.24) is 4.58 Å². The van der Waals surface area contributed by atoms with Crippen LogP contribution in [0.5, 0.6) is 0 Å². The number of fused-ring (bicyclic) bond motifs is 2. The fraction of sp³-hybridized carbons (Fsp3) is 0.188. The van der Waals surface area contributed by atoms with Crippen LogP contribution in [0.25, 0.3) is 44.5 Å². The van der Waals surface area contributed by atoms with E-state index in [2.05, 4.69) is 89.8 Å². The van der Waals surface area contributed by atoms with E-state index in [-0.39, 0.29) is 5.97 Å². The number of hydrogen-bond acceptors (Lipinski definition) is 3. The maximum absolute atomic E-state index is 12.8. The summed E-state index contributed by atoms with van der Waals surface area (Å²) in [5.74, 6) is 0.413. The Kier molecular flexibility index (Phi) is 6.98. The molecule has 37 heavy (non-hydrogen) atoms. The average Bonchev–Trinajstić information content (AvgIpc) is 2.94. The smallest absolute Gasteiger partial charge is 0.338 e. The number of hydrogen-bond donors (Lipinski definition) is 0. The minimum Gasteiger partial charge on any atom is -0.465 e. The van der Waals surface area contributed by atoms with E-state index in [1.54, 1.807) is 0 Å². The molecule has 1 aliphatic carbocycles. The summed E-state index contributed by atoms with van der Waals surface area (Å²) in [5.41, 5.74) is 7.15. The van der Waals surface area contributed by atoms with E-state index < -0.39 is 0 Å². The molecule has 0 bridgehead atoms. The highest BCUT2D eigenvalue weighted by Gasteiger charge is 2.27. The minimum atomic E-state index is -0.369. The Labute approximate surface area is 225 Å². The number of ether oxygens (including phenoxy) is 1. The highest BCUT2D eigenvalue weighted by Crippen LogP contribution is 2.46. The minimum absolute atomic E-state index is 0.369. The molecule has 0 N–H and O–H groups in total. The van der Waals surface area contributed by atoms with Gasteiger partial charge in [0.1, 0.15) is 24.4 Å². The van der Waals surface area contributed by atoms with Crippen molar-refractivity contribution >= 4 is 32.9 Å². The van der Waals surface area contributed by atoms with Crippen LogP contribution < -0.4 is 9.93 Å². The second-order valence-corrected chi connectivity index (χ2v) is 9.76. The van der Waals surface area contributed by atoms with Gasteiger partial charge in [-0.1, -0.05) is 60.7 Å². The molecular formula is C32H29BrNO3+. The Morgan fingerprint density at radius 1 is 0.865 bits per heavy atom. The Bertz CT molecular complexity index is 1660. The van der Waals surface area contributed by atoms with E-state index in [1.165, 1.54) is 7.11 Å². The first-order chi connectivity index (χ1) is 18.0. The van der Waals surface area contributed by atoms with Gasteiger partial charge in [0.15, 0.2) is 0 Å². The number of nitrogens with zero attached hydrogens (tertiary/aromatic N) is 1. The van der Waals surface area contributed by atoms with Gasteiger partial charge in [-0.25, -0.2) is 9.37 Å². The topological polar surface area (TPSA) is 42.5 Å². The van der Waals surface area contributed by atoms with E-state index in [0.29, 0.717) is 5.56 Å². The molecule has 0 saturated carbocycles. The number of carbonyl (C=O) groups excluding carboxylic acids is 1. The van der Waals surface area contributed by atoms with Crippen LogP contribution in [0.2, 0.25) is 0 Å². The van der Waals surface area contributed by atoms with E-state index in [9.17, 15) is 4.79 Å². The molecular weight excluding hydrogens is 526 g/mol. The van der Waals surface area contributed by atoms with Gasteiger partial charge in [0.25, 0.3) is 0 Å². The molecule has 5 heteroatoms. The first kappa shape index (κ1) is 25.0. The van der Waals surface area contributed by atoms with Crippen molar-refractivity contribution in [3.05, 3.63) is 99.8 Å². The molecule has 0 fully saturated rings. The van der Waals surface area contributed by atoms with E-state index >= 15 is 0 Å². The summed E-state index contributed by atoms with van der Waals surface area (Å²) in [7, 11) is 1.42. The summed E-state index contributed by atoms with van der Waals surface area (Å²) in [5, 5.41) is 2.04. The van der Waals surface area contributed by atoms with Crippen LogP contribution in [-0.4, -0.2) is 26.2 Å². The maximum atomic E-state index is 12.8. The largest absolute Gasteiger partial charge is 0.465 e. The number of halogens is 1. The molecule has 3 aromatic carbocycles. The fourth-order valence-corrected chi connectivity index (χ4v) is 5.49. The third-order valence-corrected chi connectivity index (χ3v) is 7.92. The zero-order valence-electron chi connectivity index (χ0n) is 21.5. The third-order valence-electron chi connectivity index (χ3n) is 6.94. The summed E-state index contributed by atoms with van der Waals surface area (Å²) in [6.45, 7) is 8.12. The number of aryl methyl sites for hydroxylation is 1. The van der Waals surface area contributed by atoms with Crippen LogP contribution in [0, 0.1) is 6.92 Å². The number of esters is 1. The first-order valence-electron chi connectivity index (χ1n) is 12.5. The number of carbonyl (C=O) groups is 1. The normalized spacial score (nSPS) is 11.2. The molecule has 186 valence electrons. The number of methoxy groups -OCH3 is 1. The summed E-state index contributed by atoms with van der Waals surface area (Å²) in [6.07, 6.45) is 0. The SMILES string of the molecule is CC[N+](CC)=c1ccc2c(-c3ccccc3C(=O)OC)c3ccc(C)c(Br)c3oc-2c1-c1ccccc1. The molecule has 2 aliphatic rings. The summed E-state index contributed by atoms with van der Waals surface area (Å²) >= 11 is 3.79. The Morgan fingerprint density at radius 3 is 2.27 bits per heavy atom. The highest BCUT2D eigenvalue weighted by molar-refractivity contribution is 9.10. The van der Waals surface area contributed by atoms with Crippen LogP contribution in [0.1, 0.15) is 29.8 Å². The average molecular weight is 555 g/mol. The molecule has 4 nitrogen and oxygen atoms in total. The first-order valence-corrected chi connectivity index (χ1v) is 13.3. The zero-order chi connectivity index (χ0) is 26.1. The number of benzene rings is 4. The maximum Gasteiger partial charge on any atom is 0.338 e. The van der Waals surface area contributed by atoms with Gasteiger partial charge < -0.3 is 9.15 Å². The molecule has 0 unspecified atom stereocenters. The van der Waals surface area contributed by atoms with Crippen LogP contribution >= 0.6 is 15.9 Å². The van der Waals surface area contributed by atoms with Crippen molar-refractivity contribution < 1.29 is 13.9 Å². The van der Waals surface area contributed by atoms with Gasteiger partial charge in [0.2, 0.25) is 5.36 Å². The highest BCUT2D eigenvalue weighted by atomic mass is 79.9. The second-order valence-electron chi connectivity index (χ2n) is 8.96. The lowest BCUT2D eigenvalue weighted by Crippen LogP contribution is -2.31. The van der Waals surface area contributed by atoms with Crippen molar-refractivity contribution in [3.63, 3.8) is 0 Å². The van der Waals surface area contributed by atoms with Gasteiger partial charge in [-0.2, -0.15) is 0 Å². The van der Waals surface area contributed by atoms with Gasteiger partial charge in [-0.3, -0.25) is 0 Å². The van der Waals surface area contributed by atoms with Gasteiger partial charge in [-0.05, 0) is 65.5 Å². The molecule has 5 rings (SSSR count). The van der Waals surface area contributed by atoms with Crippen LogP contribution in [0.4, 0.5) is 0 Å². The summed E-state index contributed by atoms with van der Waals surface area (Å²) < 4.78 is 15.2. The van der Waals surface area contributed by atoms with Gasteiger partial charge in [0.05, 0.1) is 22.7 Å². The molecule has 0 saturated heterocycles. The van der Waals surface area contributed by atoms with Gasteiger partial charge in [0, 0.05) is 22.6 Å². The molecule has 3 aromatic rings. The summed E-state index contributed by atoms with van der Waals surface area (Å²) in [6, 6.07) is 26.4. The quantitative estimate of drug-likeness (QED) is 0.128. The summed E-state index contributed by atoms with van der Waals surface area (Å²) in [4.78, 5) is 12.8. The van der Waals surface area contributed by atoms with Crippen LogP contribution in [-0.2, 0) is 4.74 Å². The van der Waals surface area contributed by atoms with Gasteiger partial charge in [-0.15, -0.1) is 0 Å².